The van der Waals surface area contributed by atoms with Gasteiger partial charge in [-0.15, -0.1) is 5.10 Å². The molecule has 2 aromatic rings. The highest BCUT2D eigenvalue weighted by molar-refractivity contribution is 6.30. The molecule has 1 aromatic carbocycles. The molecule has 0 spiro atoms. The van der Waals surface area contributed by atoms with E-state index >= 15 is 0 Å². The maximum atomic E-state index is 11.9. The van der Waals surface area contributed by atoms with E-state index in [1.54, 1.807) is 30.3 Å². The van der Waals surface area contributed by atoms with Crippen LogP contribution in [0.5, 0.6) is 0 Å². The molecule has 1 amide bonds. The molecule has 0 saturated heterocycles. The third-order valence-electron chi connectivity index (χ3n) is 2.61. The number of anilines is 1. The fourth-order valence-corrected chi connectivity index (χ4v) is 1.63. The smallest absolute Gasteiger partial charge is 0.276 e. The first-order valence-corrected chi connectivity index (χ1v) is 6.34. The van der Waals surface area contributed by atoms with Crippen LogP contribution in [0, 0.1) is 0 Å². The van der Waals surface area contributed by atoms with E-state index in [0.29, 0.717) is 22.3 Å². The first kappa shape index (κ1) is 13.5. The van der Waals surface area contributed by atoms with Crippen LogP contribution in [0.25, 0.3) is 0 Å². The zero-order valence-corrected chi connectivity index (χ0v) is 11.5. The van der Waals surface area contributed by atoms with Crippen molar-refractivity contribution in [3.63, 3.8) is 0 Å². The van der Waals surface area contributed by atoms with Gasteiger partial charge in [-0.2, -0.15) is 5.10 Å². The molecule has 0 atom stereocenters. The molecule has 4 nitrogen and oxygen atoms in total. The minimum absolute atomic E-state index is 0.287. The predicted octanol–water partition coefficient (Wildman–Crippen LogP) is 3.51. The van der Waals surface area contributed by atoms with Gasteiger partial charge in [0.25, 0.3) is 5.91 Å². The van der Waals surface area contributed by atoms with Gasteiger partial charge in [0.2, 0.25) is 0 Å². The first-order valence-electron chi connectivity index (χ1n) is 5.97. The number of carbonyl (C=O) groups excluding carboxylic acids is 1. The van der Waals surface area contributed by atoms with Gasteiger partial charge in [-0.05, 0) is 42.3 Å². The Bertz CT molecular complexity index is 564. The molecule has 0 bridgehead atoms. The van der Waals surface area contributed by atoms with Crippen molar-refractivity contribution < 1.29 is 4.79 Å². The number of nitrogens with one attached hydrogen (secondary N) is 1. The van der Waals surface area contributed by atoms with Gasteiger partial charge in [0.15, 0.2) is 5.69 Å². The standard InChI is InChI=1S/C14H14ClN3O/c1-9(2)12-7-8-13(18-17-12)14(19)16-11-5-3-10(15)4-6-11/h3-9H,1-2H3,(H,16,19). The highest BCUT2D eigenvalue weighted by atomic mass is 35.5. The molecule has 0 saturated carbocycles. The average molecular weight is 276 g/mol. The second kappa shape index (κ2) is 5.80. The minimum Gasteiger partial charge on any atom is -0.321 e. The highest BCUT2D eigenvalue weighted by Gasteiger charge is 2.09. The molecule has 19 heavy (non-hydrogen) atoms. The van der Waals surface area contributed by atoms with E-state index in [-0.39, 0.29) is 5.91 Å². The van der Waals surface area contributed by atoms with Gasteiger partial charge in [-0.3, -0.25) is 4.79 Å². The Morgan fingerprint density at radius 2 is 1.79 bits per heavy atom. The lowest BCUT2D eigenvalue weighted by atomic mass is 10.1. The van der Waals surface area contributed by atoms with Crippen LogP contribution in [0.1, 0.15) is 35.9 Å². The summed E-state index contributed by atoms with van der Waals surface area (Å²) in [6.45, 7) is 4.05. The molecule has 2 rings (SSSR count). The SMILES string of the molecule is CC(C)c1ccc(C(=O)Nc2ccc(Cl)cc2)nn1. The monoisotopic (exact) mass is 275 g/mol. The van der Waals surface area contributed by atoms with Crippen LogP contribution in [0.15, 0.2) is 36.4 Å². The zero-order valence-electron chi connectivity index (χ0n) is 10.7. The molecule has 1 N–H and O–H groups in total. The van der Waals surface area contributed by atoms with Gasteiger partial charge in [0.1, 0.15) is 0 Å². The van der Waals surface area contributed by atoms with Crippen LogP contribution in [-0.2, 0) is 0 Å². The average Bonchev–Trinajstić information content (AvgIpc) is 2.41. The lowest BCUT2D eigenvalue weighted by Gasteiger charge is -2.06. The van der Waals surface area contributed by atoms with Gasteiger partial charge >= 0.3 is 0 Å². The second-order valence-corrected chi connectivity index (χ2v) is 4.90. The Kier molecular flexibility index (Phi) is 4.12. The van der Waals surface area contributed by atoms with E-state index in [1.165, 1.54) is 0 Å². The van der Waals surface area contributed by atoms with Crippen LogP contribution in [-0.4, -0.2) is 16.1 Å². The molecule has 0 aliphatic rings. The summed E-state index contributed by atoms with van der Waals surface area (Å²) >= 11 is 5.78. The number of nitrogens with zero attached hydrogens (tertiary/aromatic N) is 2. The van der Waals surface area contributed by atoms with Gasteiger partial charge in [-0.1, -0.05) is 25.4 Å². The van der Waals surface area contributed by atoms with Crippen molar-refractivity contribution >= 4 is 23.2 Å². The summed E-state index contributed by atoms with van der Waals surface area (Å²) in [5.74, 6) is 0.00556. The van der Waals surface area contributed by atoms with Crippen LogP contribution < -0.4 is 5.32 Å². The molecule has 98 valence electrons. The third kappa shape index (κ3) is 3.51. The fraction of sp³-hybridized carbons (Fsp3) is 0.214. The number of halogens is 1. The summed E-state index contributed by atoms with van der Waals surface area (Å²) in [5.41, 5.74) is 1.83. The molecule has 1 heterocycles. The second-order valence-electron chi connectivity index (χ2n) is 4.46. The number of rotatable bonds is 3. The lowest BCUT2D eigenvalue weighted by Crippen LogP contribution is -2.14. The summed E-state index contributed by atoms with van der Waals surface area (Å²) in [6, 6.07) is 10.4. The number of carbonyl (C=O) groups is 1. The summed E-state index contributed by atoms with van der Waals surface area (Å²) in [6.07, 6.45) is 0. The van der Waals surface area contributed by atoms with Crippen LogP contribution in [0.3, 0.4) is 0 Å². The molecule has 5 heteroatoms. The minimum atomic E-state index is -0.287. The van der Waals surface area contributed by atoms with Crippen molar-refractivity contribution in [1.29, 1.82) is 0 Å². The number of hydrogen-bond donors (Lipinski definition) is 1. The van der Waals surface area contributed by atoms with Crippen LogP contribution in [0.2, 0.25) is 5.02 Å². The molecule has 0 unspecified atom stereocenters. The Balaban J connectivity index is 2.09. The topological polar surface area (TPSA) is 54.9 Å². The molecule has 0 radical (unpaired) electrons. The van der Waals surface area contributed by atoms with E-state index < -0.39 is 0 Å². The van der Waals surface area contributed by atoms with E-state index in [4.69, 9.17) is 11.6 Å². The number of hydrogen-bond acceptors (Lipinski definition) is 3. The highest BCUT2D eigenvalue weighted by Crippen LogP contribution is 2.14. The van der Waals surface area contributed by atoms with Gasteiger partial charge < -0.3 is 5.32 Å². The quantitative estimate of drug-likeness (QED) is 0.933. The Morgan fingerprint density at radius 1 is 1.11 bits per heavy atom. The van der Waals surface area contributed by atoms with Crippen molar-refractivity contribution in [2.75, 3.05) is 5.32 Å². The van der Waals surface area contributed by atoms with Gasteiger partial charge in [0.05, 0.1) is 5.69 Å². The Labute approximate surface area is 116 Å². The maximum absolute atomic E-state index is 11.9. The molecule has 0 fully saturated rings. The third-order valence-corrected chi connectivity index (χ3v) is 2.86. The van der Waals surface area contributed by atoms with E-state index in [0.717, 1.165) is 5.69 Å². The zero-order chi connectivity index (χ0) is 13.8. The maximum Gasteiger partial charge on any atom is 0.276 e. The number of aromatic nitrogens is 2. The molecule has 0 aliphatic heterocycles. The molecular weight excluding hydrogens is 262 g/mol. The number of benzene rings is 1. The van der Waals surface area contributed by atoms with E-state index in [2.05, 4.69) is 15.5 Å². The summed E-state index contributed by atoms with van der Waals surface area (Å²) in [5, 5.41) is 11.3. The van der Waals surface area contributed by atoms with Crippen molar-refractivity contribution in [3.8, 4) is 0 Å². The predicted molar refractivity (Wildman–Crippen MR) is 75.5 cm³/mol. The molecule has 0 aliphatic carbocycles. The van der Waals surface area contributed by atoms with Crippen molar-refractivity contribution in [1.82, 2.24) is 10.2 Å². The summed E-state index contributed by atoms with van der Waals surface area (Å²) < 4.78 is 0. The fourth-order valence-electron chi connectivity index (χ4n) is 1.50. The lowest BCUT2D eigenvalue weighted by molar-refractivity contribution is 0.102. The largest absolute Gasteiger partial charge is 0.321 e. The van der Waals surface area contributed by atoms with E-state index in [1.807, 2.05) is 19.9 Å². The van der Waals surface area contributed by atoms with E-state index in [9.17, 15) is 4.79 Å². The summed E-state index contributed by atoms with van der Waals surface area (Å²) in [7, 11) is 0. The normalized spacial score (nSPS) is 10.5. The van der Waals surface area contributed by atoms with Crippen molar-refractivity contribution in [2.45, 2.75) is 19.8 Å². The van der Waals surface area contributed by atoms with Gasteiger partial charge in [0, 0.05) is 10.7 Å². The summed E-state index contributed by atoms with van der Waals surface area (Å²) in [4.78, 5) is 11.9. The number of amides is 1. The van der Waals surface area contributed by atoms with Crippen LogP contribution in [0.4, 0.5) is 5.69 Å². The first-order chi connectivity index (χ1) is 9.06. The van der Waals surface area contributed by atoms with Crippen molar-refractivity contribution in [3.05, 3.63) is 52.8 Å². The van der Waals surface area contributed by atoms with Gasteiger partial charge in [-0.25, -0.2) is 0 Å². The van der Waals surface area contributed by atoms with Crippen molar-refractivity contribution in [2.24, 2.45) is 0 Å². The van der Waals surface area contributed by atoms with Crippen LogP contribution >= 0.6 is 11.6 Å². The Hall–Kier alpha value is -1.94. The molecule has 1 aromatic heterocycles. The molecular formula is C14H14ClN3O. The Morgan fingerprint density at radius 3 is 2.32 bits per heavy atom.